The van der Waals surface area contributed by atoms with Crippen LogP contribution in [0.3, 0.4) is 0 Å². The van der Waals surface area contributed by atoms with Gasteiger partial charge in [0.2, 0.25) is 0 Å². The van der Waals surface area contributed by atoms with Crippen molar-refractivity contribution in [3.63, 3.8) is 0 Å². The third-order valence-electron chi connectivity index (χ3n) is 13.2. The van der Waals surface area contributed by atoms with Crippen LogP contribution in [0.4, 0.5) is 44.1 Å². The Bertz CT molecular complexity index is 3270. The van der Waals surface area contributed by atoms with Crippen molar-refractivity contribution < 1.29 is 42.9 Å². The average Bonchev–Trinajstić information content (AvgIpc) is 2.44. The van der Waals surface area contributed by atoms with E-state index in [0.717, 1.165) is 19.4 Å². The molecule has 1 aliphatic carbocycles. The normalized spacial score (nSPS) is 14.9. The summed E-state index contributed by atoms with van der Waals surface area (Å²) in [6, 6.07) is 8.60. The van der Waals surface area contributed by atoms with Crippen LogP contribution in [0.2, 0.25) is 10.3 Å². The molecule has 1 atom stereocenters. The van der Waals surface area contributed by atoms with Gasteiger partial charge in [-0.05, 0) is 79.1 Å². The summed E-state index contributed by atoms with van der Waals surface area (Å²) in [6.07, 6.45) is 12.5. The van der Waals surface area contributed by atoms with Crippen LogP contribution < -0.4 is 27.0 Å². The maximum Gasteiger partial charge on any atom is 0.410 e. The van der Waals surface area contributed by atoms with Crippen molar-refractivity contribution in [2.24, 2.45) is 11.8 Å². The number of nitrogens with zero attached hydrogens (tertiary/aromatic N) is 16. The van der Waals surface area contributed by atoms with Gasteiger partial charge in [0.1, 0.15) is 35.0 Å². The van der Waals surface area contributed by atoms with Crippen molar-refractivity contribution in [2.45, 2.75) is 104 Å². The first kappa shape index (κ1) is 71.6. The molecule has 8 rings (SSSR count). The second kappa shape index (κ2) is 34.6. The van der Waals surface area contributed by atoms with Gasteiger partial charge in [-0.1, -0.05) is 42.5 Å². The van der Waals surface area contributed by atoms with Gasteiger partial charge in [0, 0.05) is 85.7 Å². The number of likely N-dealkylation sites (tertiary alicyclic amines) is 1. The molecule has 90 heavy (non-hydrogen) atoms. The van der Waals surface area contributed by atoms with Crippen molar-refractivity contribution >= 4 is 87.7 Å². The maximum atomic E-state index is 12.5. The van der Waals surface area contributed by atoms with Gasteiger partial charge in [-0.25, -0.2) is 34.3 Å². The van der Waals surface area contributed by atoms with Gasteiger partial charge in [0.25, 0.3) is 11.8 Å². The number of piperidine rings is 1. The fourth-order valence-corrected chi connectivity index (χ4v) is 8.96. The lowest BCUT2D eigenvalue weighted by molar-refractivity contribution is -0.0371. The molecule has 32 heteroatoms. The summed E-state index contributed by atoms with van der Waals surface area (Å²) in [5.74, 6) is 1.12. The van der Waals surface area contributed by atoms with Crippen LogP contribution in [0.25, 0.3) is 0 Å². The molecule has 0 spiro atoms. The number of nitriles is 2. The minimum Gasteiger partial charge on any atom is -0.464 e. The van der Waals surface area contributed by atoms with E-state index < -0.39 is 17.2 Å². The predicted octanol–water partition coefficient (Wildman–Crippen LogP) is 7.36. The van der Waals surface area contributed by atoms with Gasteiger partial charge in [-0.2, -0.15) is 10.5 Å². The maximum absolute atomic E-state index is 12.5. The standard InChI is InChI=1S/C19H24N8O.C18H28ClN5O3.C16H23ClN4O5.C5H4N4/c1-27(2)19(28)18-15(22-10-13-6-4-3-5-7-13)8-16(25-26-18)24-17-12-21-14(9-20)11-23-17;1-18(2,3)27-17(26)24-8-6-12(7-9-24)11-20-13-10-14(19)21-22-15(13)16(25)23(4)5;1-16(2,3)26-15(23)21-5-6-25-10(9-21)8-18-11-7-12(17)19-20-13(11)14(22)24-4;6-1-4-2-9-5(7)3-8-4/h8,11-13H,3-7,10H2,1-2H3,(H2,22,23,24,25);10,12H,6-9,11H2,1-5H3,(H,20,21);7,10H,5-6,8-9H2,1-4H3,(H,18,19);2-3H,(H2,7,9). The lowest BCUT2D eigenvalue weighted by Crippen LogP contribution is -2.49. The lowest BCUT2D eigenvalue weighted by Gasteiger charge is -2.34. The summed E-state index contributed by atoms with van der Waals surface area (Å²) >= 11 is 11.8. The monoisotopic (exact) mass is 1280 g/mol. The number of morpholine rings is 1. The number of halogens is 2. The molecule has 0 aromatic carbocycles. The van der Waals surface area contributed by atoms with Crippen LogP contribution in [-0.2, 0) is 18.9 Å². The Labute approximate surface area is 533 Å². The Morgan fingerprint density at radius 3 is 1.61 bits per heavy atom. The first-order chi connectivity index (χ1) is 42.6. The number of methoxy groups -OCH3 is 1. The molecule has 3 aliphatic rings. The highest BCUT2D eigenvalue weighted by molar-refractivity contribution is 6.30. The van der Waals surface area contributed by atoms with Gasteiger partial charge in [-0.3, -0.25) is 9.59 Å². The van der Waals surface area contributed by atoms with Gasteiger partial charge in [-0.15, -0.1) is 30.6 Å². The number of nitrogen functional groups attached to an aromatic ring is 1. The molecule has 484 valence electrons. The fraction of sp³-hybridized carbons (Fsp3) is 0.534. The van der Waals surface area contributed by atoms with Crippen molar-refractivity contribution in [1.82, 2.24) is 70.1 Å². The van der Waals surface area contributed by atoms with Crippen molar-refractivity contribution in [3.8, 4) is 12.1 Å². The highest BCUT2D eigenvalue weighted by Crippen LogP contribution is 2.27. The lowest BCUT2D eigenvalue weighted by atomic mass is 9.89. The zero-order valence-corrected chi connectivity index (χ0v) is 54.1. The largest absolute Gasteiger partial charge is 0.464 e. The van der Waals surface area contributed by atoms with E-state index in [0.29, 0.717) is 92.2 Å². The van der Waals surface area contributed by atoms with Crippen molar-refractivity contribution in [1.29, 1.82) is 10.5 Å². The third kappa shape index (κ3) is 24.1. The van der Waals surface area contributed by atoms with Crippen LogP contribution in [0.15, 0.2) is 43.0 Å². The number of carbonyl (C=O) groups is 5. The summed E-state index contributed by atoms with van der Waals surface area (Å²) in [5.41, 5.74) is 6.83. The van der Waals surface area contributed by atoms with Crippen molar-refractivity contribution in [3.05, 3.63) is 81.8 Å². The van der Waals surface area contributed by atoms with Gasteiger partial charge in [0.15, 0.2) is 44.6 Å². The molecule has 1 unspecified atom stereocenters. The second-order valence-electron chi connectivity index (χ2n) is 23.2. The van der Waals surface area contributed by atoms with E-state index in [2.05, 4.69) is 76.5 Å². The summed E-state index contributed by atoms with van der Waals surface area (Å²) in [4.78, 5) is 82.5. The number of hydrogen-bond donors (Lipinski definition) is 5. The number of hydrogen-bond acceptors (Lipinski definition) is 26. The Kier molecular flexibility index (Phi) is 27.5. The smallest absolute Gasteiger partial charge is 0.410 e. The van der Waals surface area contributed by atoms with E-state index in [1.54, 1.807) is 50.1 Å². The summed E-state index contributed by atoms with van der Waals surface area (Å²) in [5, 5.41) is 53.5. The van der Waals surface area contributed by atoms with E-state index in [1.807, 2.05) is 53.7 Å². The molecule has 5 aromatic rings. The number of aromatic nitrogens is 10. The van der Waals surface area contributed by atoms with Gasteiger partial charge >= 0.3 is 18.2 Å². The molecule has 2 aliphatic heterocycles. The van der Waals surface area contributed by atoms with Crippen LogP contribution in [0, 0.1) is 34.5 Å². The molecule has 1 saturated carbocycles. The predicted molar refractivity (Wildman–Crippen MR) is 335 cm³/mol. The molecule has 5 aromatic heterocycles. The quantitative estimate of drug-likeness (QED) is 0.0535. The summed E-state index contributed by atoms with van der Waals surface area (Å²) in [7, 11) is 7.95. The number of rotatable bonds is 14. The van der Waals surface area contributed by atoms with Gasteiger partial charge < -0.3 is 65.5 Å². The Morgan fingerprint density at radius 2 is 1.11 bits per heavy atom. The summed E-state index contributed by atoms with van der Waals surface area (Å²) in [6.45, 7) is 15.4. The molecule has 3 fully saturated rings. The molecular formula is C58H79Cl2N21O9. The SMILES string of the molecule is CN(C)C(=O)c1nnc(Cl)cc1NCC1CCN(C(=O)OC(C)(C)C)CC1.CN(C)C(=O)c1nnc(Nc2cnc(C#N)cn2)cc1NCC1CCCCC1.COC(=O)c1nnc(Cl)cc1NCC1CN(C(=O)OC(C)(C)C)CCO1.N#Cc1cnc(N)cn1. The third-order valence-corrected chi connectivity index (χ3v) is 13.6. The topological polar surface area (TPSA) is 386 Å². The minimum absolute atomic E-state index is 0.0247. The number of esters is 1. The van der Waals surface area contributed by atoms with E-state index in [1.165, 1.54) is 79.9 Å². The molecule has 4 amide bonds. The van der Waals surface area contributed by atoms with E-state index in [4.69, 9.17) is 53.7 Å². The van der Waals surface area contributed by atoms with Crippen LogP contribution in [0.1, 0.15) is 129 Å². The van der Waals surface area contributed by atoms with E-state index >= 15 is 0 Å². The average molecular weight is 1290 g/mol. The number of anilines is 6. The zero-order valence-electron chi connectivity index (χ0n) is 52.5. The Hall–Kier alpha value is -9.13. The van der Waals surface area contributed by atoms with Crippen LogP contribution in [0.5, 0.6) is 0 Å². The zero-order chi connectivity index (χ0) is 66.1. The highest BCUT2D eigenvalue weighted by atomic mass is 35.5. The minimum atomic E-state index is -0.628. The number of nitrogens with two attached hydrogens (primary N) is 1. The summed E-state index contributed by atoms with van der Waals surface area (Å²) < 4.78 is 21.2. The molecule has 7 heterocycles. The Morgan fingerprint density at radius 1 is 0.622 bits per heavy atom. The molecular weight excluding hydrogens is 1210 g/mol. The number of nitrogens with one attached hydrogen (secondary N) is 4. The van der Waals surface area contributed by atoms with Crippen LogP contribution in [-0.4, -0.2) is 205 Å². The molecule has 0 bridgehead atoms. The molecule has 30 nitrogen and oxygen atoms in total. The number of ether oxygens (including phenoxy) is 4. The molecule has 2 saturated heterocycles. The molecule has 0 radical (unpaired) electrons. The van der Waals surface area contributed by atoms with Crippen LogP contribution >= 0.6 is 23.2 Å². The Balaban J connectivity index is 0.000000229. The number of amides is 4. The van der Waals surface area contributed by atoms with Crippen molar-refractivity contribution in [2.75, 3.05) is 115 Å². The first-order valence-corrected chi connectivity index (χ1v) is 29.6. The number of carbonyl (C=O) groups excluding carboxylic acids is 5. The highest BCUT2D eigenvalue weighted by Gasteiger charge is 2.30. The van der Waals surface area contributed by atoms with Gasteiger partial charge in [0.05, 0.1) is 68.2 Å². The van der Waals surface area contributed by atoms with E-state index in [-0.39, 0.29) is 68.9 Å². The molecule has 6 N–H and O–H groups in total. The van der Waals surface area contributed by atoms with E-state index in [9.17, 15) is 24.0 Å². The fourth-order valence-electron chi connectivity index (χ4n) is 8.66. The first-order valence-electron chi connectivity index (χ1n) is 28.9. The second-order valence-corrected chi connectivity index (χ2v) is 24.0.